The van der Waals surface area contributed by atoms with E-state index in [0.29, 0.717) is 6.54 Å². The van der Waals surface area contributed by atoms with Gasteiger partial charge in [0.15, 0.2) is 8.38 Å². The minimum atomic E-state index is -0.681. The van der Waals surface area contributed by atoms with Crippen LogP contribution in [0.4, 0.5) is 0 Å². The van der Waals surface area contributed by atoms with E-state index >= 15 is 0 Å². The number of hydrogen-bond donors (Lipinski definition) is 1. The van der Waals surface area contributed by atoms with Gasteiger partial charge in [-0.15, -0.1) is 0 Å². The fourth-order valence-corrected chi connectivity index (χ4v) is 1.09. The summed E-state index contributed by atoms with van der Waals surface area (Å²) in [6, 6.07) is 0. The highest BCUT2D eigenvalue weighted by Gasteiger charge is 2.01. The summed E-state index contributed by atoms with van der Waals surface area (Å²) in [5.41, 5.74) is 5.24. The van der Waals surface area contributed by atoms with Crippen molar-refractivity contribution in [2.24, 2.45) is 5.73 Å². The smallest absolute Gasteiger partial charge is 0.171 e. The van der Waals surface area contributed by atoms with Crippen LogP contribution in [0.3, 0.4) is 0 Å². The van der Waals surface area contributed by atoms with Crippen LogP contribution in [0, 0.1) is 0 Å². The normalized spacial score (nSPS) is 10.5. The molecule has 8 heavy (non-hydrogen) atoms. The van der Waals surface area contributed by atoms with Gasteiger partial charge in [-0.3, -0.25) is 0 Å². The van der Waals surface area contributed by atoms with Crippen LogP contribution < -0.4 is 5.73 Å². The Morgan fingerprint density at radius 2 is 1.88 bits per heavy atom. The highest BCUT2D eigenvalue weighted by molar-refractivity contribution is 7.47. The van der Waals surface area contributed by atoms with Crippen molar-refractivity contribution in [3.05, 3.63) is 0 Å². The lowest BCUT2D eigenvalue weighted by molar-refractivity contribution is 0.341. The molecular formula is C4H12NO2P. The molecule has 0 fully saturated rings. The Kier molecular flexibility index (Phi) is 5.66. The topological polar surface area (TPSA) is 44.5 Å². The average molecular weight is 137 g/mol. The number of hydrogen-bond acceptors (Lipinski definition) is 3. The Balaban J connectivity index is 3.07. The molecule has 50 valence electrons. The summed E-state index contributed by atoms with van der Waals surface area (Å²) in [6.07, 6.45) is 0.822. The van der Waals surface area contributed by atoms with Crippen molar-refractivity contribution in [2.75, 3.05) is 26.9 Å². The largest absolute Gasteiger partial charge is 0.337 e. The van der Waals surface area contributed by atoms with Crippen LogP contribution in [0.1, 0.15) is 0 Å². The predicted molar refractivity (Wildman–Crippen MR) is 34.9 cm³/mol. The molecule has 0 heterocycles. The van der Waals surface area contributed by atoms with Gasteiger partial charge in [0.25, 0.3) is 0 Å². The molecule has 0 unspecified atom stereocenters. The molecule has 0 aliphatic rings. The summed E-state index contributed by atoms with van der Waals surface area (Å²) in [4.78, 5) is 0. The van der Waals surface area contributed by atoms with E-state index in [2.05, 4.69) is 0 Å². The van der Waals surface area contributed by atoms with Gasteiger partial charge in [0.1, 0.15) is 0 Å². The lowest BCUT2D eigenvalue weighted by Crippen LogP contribution is -2.04. The lowest BCUT2D eigenvalue weighted by atomic mass is 10.8. The SMILES string of the molecule is COP(CCN)OC. The second-order valence-electron chi connectivity index (χ2n) is 1.21. The van der Waals surface area contributed by atoms with E-state index in [9.17, 15) is 0 Å². The third-order valence-electron chi connectivity index (χ3n) is 0.719. The molecule has 0 atom stereocenters. The van der Waals surface area contributed by atoms with Gasteiger partial charge in [-0.2, -0.15) is 0 Å². The minimum Gasteiger partial charge on any atom is -0.337 e. The molecule has 0 aliphatic carbocycles. The summed E-state index contributed by atoms with van der Waals surface area (Å²) in [6.45, 7) is 0.632. The van der Waals surface area contributed by atoms with Crippen molar-refractivity contribution in [1.82, 2.24) is 0 Å². The van der Waals surface area contributed by atoms with Gasteiger partial charge in [-0.25, -0.2) is 0 Å². The van der Waals surface area contributed by atoms with Gasteiger partial charge < -0.3 is 14.8 Å². The maximum absolute atomic E-state index is 5.24. The summed E-state index contributed by atoms with van der Waals surface area (Å²) < 4.78 is 9.80. The van der Waals surface area contributed by atoms with E-state index in [4.69, 9.17) is 14.8 Å². The highest BCUT2D eigenvalue weighted by atomic mass is 31.2. The van der Waals surface area contributed by atoms with E-state index < -0.39 is 8.38 Å². The molecule has 0 aromatic rings. The van der Waals surface area contributed by atoms with Crippen molar-refractivity contribution in [3.8, 4) is 0 Å². The third kappa shape index (κ3) is 3.33. The van der Waals surface area contributed by atoms with Gasteiger partial charge >= 0.3 is 0 Å². The molecule has 3 nitrogen and oxygen atoms in total. The van der Waals surface area contributed by atoms with Crippen molar-refractivity contribution in [1.29, 1.82) is 0 Å². The average Bonchev–Trinajstić information content (AvgIpc) is 1.83. The lowest BCUT2D eigenvalue weighted by Gasteiger charge is -2.08. The van der Waals surface area contributed by atoms with Crippen LogP contribution in [0.25, 0.3) is 0 Å². The Morgan fingerprint density at radius 1 is 1.38 bits per heavy atom. The monoisotopic (exact) mass is 137 g/mol. The first-order valence-electron chi connectivity index (χ1n) is 2.41. The quantitative estimate of drug-likeness (QED) is 0.575. The van der Waals surface area contributed by atoms with Crippen LogP contribution in [0.5, 0.6) is 0 Å². The fourth-order valence-electron chi connectivity index (χ4n) is 0.363. The second-order valence-corrected chi connectivity index (χ2v) is 3.05. The van der Waals surface area contributed by atoms with E-state index in [1.54, 1.807) is 14.2 Å². The molecule has 0 spiro atoms. The summed E-state index contributed by atoms with van der Waals surface area (Å²) in [7, 11) is 2.58. The first-order valence-corrected chi connectivity index (χ1v) is 3.77. The molecule has 0 radical (unpaired) electrons. The molecule has 0 saturated heterocycles. The van der Waals surface area contributed by atoms with E-state index in [1.807, 2.05) is 0 Å². The highest BCUT2D eigenvalue weighted by Crippen LogP contribution is 2.34. The predicted octanol–water partition coefficient (Wildman–Crippen LogP) is 0.550. The Morgan fingerprint density at radius 3 is 2.00 bits per heavy atom. The van der Waals surface area contributed by atoms with Gasteiger partial charge in [0.2, 0.25) is 0 Å². The summed E-state index contributed by atoms with van der Waals surface area (Å²) >= 11 is 0. The Labute approximate surface area is 51.1 Å². The van der Waals surface area contributed by atoms with E-state index in [0.717, 1.165) is 6.16 Å². The van der Waals surface area contributed by atoms with Crippen LogP contribution in [0.2, 0.25) is 0 Å². The zero-order chi connectivity index (χ0) is 6.41. The zero-order valence-corrected chi connectivity index (χ0v) is 6.15. The fraction of sp³-hybridized carbons (Fsp3) is 1.00. The first kappa shape index (κ1) is 8.31. The van der Waals surface area contributed by atoms with E-state index in [-0.39, 0.29) is 0 Å². The Bertz CT molecular complexity index is 49.3. The molecule has 0 bridgehead atoms. The maximum atomic E-state index is 5.24. The minimum absolute atomic E-state index is 0.632. The number of rotatable bonds is 4. The molecule has 0 aliphatic heterocycles. The molecule has 2 N–H and O–H groups in total. The molecule has 0 aromatic heterocycles. The molecule has 0 aromatic carbocycles. The molecular weight excluding hydrogens is 125 g/mol. The summed E-state index contributed by atoms with van der Waals surface area (Å²) in [5, 5.41) is 0. The third-order valence-corrected chi connectivity index (χ3v) is 2.16. The van der Waals surface area contributed by atoms with Crippen molar-refractivity contribution >= 4 is 8.38 Å². The summed E-state index contributed by atoms with van der Waals surface area (Å²) in [5.74, 6) is 0. The molecule has 0 saturated carbocycles. The van der Waals surface area contributed by atoms with Gasteiger partial charge in [0, 0.05) is 26.9 Å². The molecule has 4 heteroatoms. The molecule has 0 amide bonds. The van der Waals surface area contributed by atoms with Crippen LogP contribution >= 0.6 is 8.38 Å². The van der Waals surface area contributed by atoms with Crippen LogP contribution in [-0.4, -0.2) is 26.9 Å². The van der Waals surface area contributed by atoms with Gasteiger partial charge in [0.05, 0.1) is 0 Å². The van der Waals surface area contributed by atoms with Crippen molar-refractivity contribution in [2.45, 2.75) is 0 Å². The van der Waals surface area contributed by atoms with Crippen molar-refractivity contribution in [3.63, 3.8) is 0 Å². The first-order chi connectivity index (χ1) is 3.85. The van der Waals surface area contributed by atoms with Gasteiger partial charge in [-0.1, -0.05) is 0 Å². The maximum Gasteiger partial charge on any atom is 0.171 e. The standard InChI is InChI=1S/C4H12NO2P/c1-6-8(7-2)4-3-5/h3-5H2,1-2H3. The van der Waals surface area contributed by atoms with Gasteiger partial charge in [-0.05, 0) is 0 Å². The van der Waals surface area contributed by atoms with E-state index in [1.165, 1.54) is 0 Å². The van der Waals surface area contributed by atoms with Crippen LogP contribution in [0.15, 0.2) is 0 Å². The Hall–Kier alpha value is 0.310. The van der Waals surface area contributed by atoms with Crippen LogP contribution in [-0.2, 0) is 9.05 Å². The number of nitrogens with two attached hydrogens (primary N) is 1. The second kappa shape index (κ2) is 5.45. The van der Waals surface area contributed by atoms with Crippen molar-refractivity contribution < 1.29 is 9.05 Å². The zero-order valence-electron chi connectivity index (χ0n) is 5.26. The molecule has 0 rings (SSSR count).